The summed E-state index contributed by atoms with van der Waals surface area (Å²) < 4.78 is 2.24. The van der Waals surface area contributed by atoms with E-state index in [0.717, 1.165) is 23.4 Å². The molecule has 4 nitrogen and oxygen atoms in total. The van der Waals surface area contributed by atoms with Crippen LogP contribution in [0.5, 0.6) is 0 Å². The molecule has 0 bridgehead atoms. The van der Waals surface area contributed by atoms with Gasteiger partial charge in [-0.25, -0.2) is 9.97 Å². The van der Waals surface area contributed by atoms with Crippen LogP contribution in [-0.4, -0.2) is 14.5 Å². The molecule has 104 valence electrons. The molecule has 3 rings (SSSR count). The Balaban J connectivity index is 2.25. The Hall–Kier alpha value is -1.88. The van der Waals surface area contributed by atoms with Crippen molar-refractivity contribution < 1.29 is 0 Å². The number of thiophene rings is 1. The minimum Gasteiger partial charge on any atom is -0.383 e. The summed E-state index contributed by atoms with van der Waals surface area (Å²) in [6.45, 7) is 9.08. The number of nitrogens with zero attached hydrogens (tertiary/aromatic N) is 3. The van der Waals surface area contributed by atoms with Crippen molar-refractivity contribution in [1.82, 2.24) is 14.5 Å². The predicted molar refractivity (Wildman–Crippen MR) is 84.3 cm³/mol. The Kier molecular flexibility index (Phi) is 3.01. The zero-order chi connectivity index (χ0) is 14.4. The molecule has 0 saturated heterocycles. The van der Waals surface area contributed by atoms with E-state index in [-0.39, 0.29) is 0 Å². The second-order valence-corrected chi connectivity index (χ2v) is 6.18. The number of hydrogen-bond acceptors (Lipinski definition) is 4. The number of nitrogens with two attached hydrogens (primary N) is 1. The van der Waals surface area contributed by atoms with E-state index in [9.17, 15) is 0 Å². The molecule has 0 aromatic carbocycles. The molecule has 0 saturated carbocycles. The summed E-state index contributed by atoms with van der Waals surface area (Å²) >= 11 is 1.78. The van der Waals surface area contributed by atoms with Gasteiger partial charge >= 0.3 is 0 Å². The van der Waals surface area contributed by atoms with Gasteiger partial charge in [-0.05, 0) is 50.3 Å². The molecule has 0 radical (unpaired) electrons. The number of aromatic nitrogens is 3. The third-order valence-corrected chi connectivity index (χ3v) is 4.89. The van der Waals surface area contributed by atoms with Gasteiger partial charge in [0, 0.05) is 10.6 Å². The Morgan fingerprint density at radius 1 is 1.20 bits per heavy atom. The van der Waals surface area contributed by atoms with E-state index in [1.165, 1.54) is 21.7 Å². The van der Waals surface area contributed by atoms with Crippen LogP contribution in [0.4, 0.5) is 5.82 Å². The summed E-state index contributed by atoms with van der Waals surface area (Å²) in [7, 11) is 0. The molecule has 3 heterocycles. The van der Waals surface area contributed by atoms with Gasteiger partial charge in [-0.2, -0.15) is 0 Å². The molecule has 0 aliphatic heterocycles. The van der Waals surface area contributed by atoms with Crippen molar-refractivity contribution in [3.63, 3.8) is 0 Å². The van der Waals surface area contributed by atoms with Gasteiger partial charge in [0.25, 0.3) is 0 Å². The van der Waals surface area contributed by atoms with Gasteiger partial charge in [-0.3, -0.25) is 0 Å². The number of hydrogen-bond donors (Lipinski definition) is 1. The minimum absolute atomic E-state index is 0.578. The first-order valence-corrected chi connectivity index (χ1v) is 7.49. The van der Waals surface area contributed by atoms with Gasteiger partial charge in [0.15, 0.2) is 0 Å². The molecule has 5 heteroatoms. The molecule has 0 aliphatic rings. The summed E-state index contributed by atoms with van der Waals surface area (Å²) in [5.41, 5.74) is 10.7. The normalized spacial score (nSPS) is 11.4. The van der Waals surface area contributed by atoms with Crippen LogP contribution in [0.3, 0.4) is 0 Å². The summed E-state index contributed by atoms with van der Waals surface area (Å²) in [5.74, 6) is 1.30. The smallest absolute Gasteiger partial charge is 0.146 e. The van der Waals surface area contributed by atoms with E-state index in [4.69, 9.17) is 5.73 Å². The van der Waals surface area contributed by atoms with Crippen molar-refractivity contribution in [1.29, 1.82) is 0 Å². The number of anilines is 1. The van der Waals surface area contributed by atoms with Gasteiger partial charge in [-0.1, -0.05) is 0 Å². The van der Waals surface area contributed by atoms with E-state index in [0.29, 0.717) is 5.82 Å². The molecule has 0 spiro atoms. The highest BCUT2D eigenvalue weighted by molar-refractivity contribution is 7.10. The maximum Gasteiger partial charge on any atom is 0.146 e. The molecular formula is C15H18N4S. The number of aryl methyl sites for hydroxylation is 3. The first-order chi connectivity index (χ1) is 9.49. The van der Waals surface area contributed by atoms with E-state index >= 15 is 0 Å². The molecule has 0 amide bonds. The quantitative estimate of drug-likeness (QED) is 0.786. The zero-order valence-corrected chi connectivity index (χ0v) is 13.0. The molecule has 0 unspecified atom stereocenters. The summed E-state index contributed by atoms with van der Waals surface area (Å²) in [4.78, 5) is 10.3. The second kappa shape index (κ2) is 4.59. The first-order valence-electron chi connectivity index (χ1n) is 6.61. The van der Waals surface area contributed by atoms with E-state index in [1.807, 2.05) is 6.92 Å². The van der Waals surface area contributed by atoms with Gasteiger partial charge in [-0.15, -0.1) is 11.3 Å². The number of fused-ring (bicyclic) bond motifs is 1. The summed E-state index contributed by atoms with van der Waals surface area (Å²) in [6, 6.07) is 2.16. The molecule has 0 aliphatic carbocycles. The SMILES string of the molecule is Cc1nc(N)c2c(C)c(C)n(Cc3sccc3C)c2n1. The Bertz CT molecular complexity index is 798. The van der Waals surface area contributed by atoms with Crippen LogP contribution >= 0.6 is 11.3 Å². The lowest BCUT2D eigenvalue weighted by Crippen LogP contribution is -2.04. The van der Waals surface area contributed by atoms with Crippen LogP contribution in [0.2, 0.25) is 0 Å². The third kappa shape index (κ3) is 1.89. The van der Waals surface area contributed by atoms with Gasteiger partial charge in [0.05, 0.1) is 11.9 Å². The van der Waals surface area contributed by atoms with Gasteiger partial charge in [0.2, 0.25) is 0 Å². The third-order valence-electron chi connectivity index (χ3n) is 3.88. The van der Waals surface area contributed by atoms with Crippen molar-refractivity contribution in [3.05, 3.63) is 39.0 Å². The van der Waals surface area contributed by atoms with Crippen molar-refractivity contribution >= 4 is 28.2 Å². The lowest BCUT2D eigenvalue weighted by atomic mass is 10.2. The molecule has 0 atom stereocenters. The molecule has 2 N–H and O–H groups in total. The highest BCUT2D eigenvalue weighted by Gasteiger charge is 2.17. The number of rotatable bonds is 2. The monoisotopic (exact) mass is 286 g/mol. The van der Waals surface area contributed by atoms with Crippen LogP contribution in [0, 0.1) is 27.7 Å². The van der Waals surface area contributed by atoms with Crippen LogP contribution in [-0.2, 0) is 6.54 Å². The van der Waals surface area contributed by atoms with Gasteiger partial charge in [0.1, 0.15) is 17.3 Å². The summed E-state index contributed by atoms with van der Waals surface area (Å²) in [6.07, 6.45) is 0. The standard InChI is InChI=1S/C15H18N4S/c1-8-5-6-20-12(8)7-19-10(3)9(2)13-14(16)17-11(4)18-15(13)19/h5-6H,7H2,1-4H3,(H2,16,17,18). The maximum absolute atomic E-state index is 6.08. The van der Waals surface area contributed by atoms with Gasteiger partial charge < -0.3 is 10.3 Å². The van der Waals surface area contributed by atoms with E-state index < -0.39 is 0 Å². The molecule has 3 aromatic heterocycles. The molecule has 0 fully saturated rings. The van der Waals surface area contributed by atoms with Crippen LogP contribution in [0.25, 0.3) is 11.0 Å². The second-order valence-electron chi connectivity index (χ2n) is 5.18. The lowest BCUT2D eigenvalue weighted by Gasteiger charge is -2.08. The Morgan fingerprint density at radius 3 is 2.60 bits per heavy atom. The highest BCUT2D eigenvalue weighted by atomic mass is 32.1. The fourth-order valence-electron chi connectivity index (χ4n) is 2.58. The average molecular weight is 286 g/mol. The fourth-order valence-corrected chi connectivity index (χ4v) is 3.47. The van der Waals surface area contributed by atoms with E-state index in [1.54, 1.807) is 11.3 Å². The van der Waals surface area contributed by atoms with Crippen LogP contribution in [0.1, 0.15) is 27.5 Å². The molecular weight excluding hydrogens is 268 g/mol. The molecule has 3 aromatic rings. The Labute approximate surface area is 122 Å². The highest BCUT2D eigenvalue weighted by Crippen LogP contribution is 2.29. The predicted octanol–water partition coefficient (Wildman–Crippen LogP) is 3.36. The first kappa shape index (κ1) is 13.1. The summed E-state index contributed by atoms with van der Waals surface area (Å²) in [5, 5.41) is 3.12. The Morgan fingerprint density at radius 2 is 1.95 bits per heavy atom. The van der Waals surface area contributed by atoms with Crippen LogP contribution < -0.4 is 5.73 Å². The fraction of sp³-hybridized carbons (Fsp3) is 0.333. The maximum atomic E-state index is 6.08. The lowest BCUT2D eigenvalue weighted by molar-refractivity contribution is 0.795. The van der Waals surface area contributed by atoms with Crippen molar-refractivity contribution in [3.8, 4) is 0 Å². The molecule has 20 heavy (non-hydrogen) atoms. The van der Waals surface area contributed by atoms with E-state index in [2.05, 4.69) is 46.8 Å². The van der Waals surface area contributed by atoms with Crippen molar-refractivity contribution in [2.75, 3.05) is 5.73 Å². The largest absolute Gasteiger partial charge is 0.383 e. The average Bonchev–Trinajstić information content (AvgIpc) is 2.87. The van der Waals surface area contributed by atoms with Crippen molar-refractivity contribution in [2.24, 2.45) is 0 Å². The van der Waals surface area contributed by atoms with Crippen molar-refractivity contribution in [2.45, 2.75) is 34.2 Å². The topological polar surface area (TPSA) is 56.7 Å². The zero-order valence-electron chi connectivity index (χ0n) is 12.2. The number of nitrogen functional groups attached to an aromatic ring is 1. The van der Waals surface area contributed by atoms with Crippen LogP contribution in [0.15, 0.2) is 11.4 Å². The minimum atomic E-state index is 0.578.